The topological polar surface area (TPSA) is 49.3 Å². The molecule has 0 bridgehead atoms. The minimum absolute atomic E-state index is 0.0441. The van der Waals surface area contributed by atoms with Crippen LogP contribution in [0.15, 0.2) is 23.1 Å². The summed E-state index contributed by atoms with van der Waals surface area (Å²) in [6, 6.07) is 5.87. The molecule has 20 heavy (non-hydrogen) atoms. The third-order valence-electron chi connectivity index (χ3n) is 3.46. The molecule has 0 saturated carbocycles. The Kier molecular flexibility index (Phi) is 6.08. The summed E-state index contributed by atoms with van der Waals surface area (Å²) < 4.78 is 0. The fourth-order valence-electron chi connectivity index (χ4n) is 2.06. The second kappa shape index (κ2) is 7.14. The van der Waals surface area contributed by atoms with Crippen molar-refractivity contribution < 1.29 is 9.90 Å². The van der Waals surface area contributed by atoms with Crippen LogP contribution in [0, 0.1) is 12.3 Å². The van der Waals surface area contributed by atoms with E-state index in [0.29, 0.717) is 12.0 Å². The van der Waals surface area contributed by atoms with Gasteiger partial charge in [0.25, 0.3) is 5.91 Å². The Balaban J connectivity index is 2.94. The summed E-state index contributed by atoms with van der Waals surface area (Å²) in [5.74, 6) is -0.0632. The Hall–Kier alpha value is -1.00. The van der Waals surface area contributed by atoms with E-state index in [4.69, 9.17) is 5.11 Å². The Bertz CT molecular complexity index is 466. The van der Waals surface area contributed by atoms with Gasteiger partial charge in [0.2, 0.25) is 0 Å². The van der Waals surface area contributed by atoms with E-state index in [2.05, 4.69) is 26.1 Å². The lowest BCUT2D eigenvalue weighted by Gasteiger charge is -2.31. The van der Waals surface area contributed by atoms with Gasteiger partial charge in [-0.25, -0.2) is 0 Å². The maximum Gasteiger partial charge on any atom is 0.251 e. The van der Waals surface area contributed by atoms with Gasteiger partial charge in [0.05, 0.1) is 0 Å². The van der Waals surface area contributed by atoms with Crippen molar-refractivity contribution in [1.29, 1.82) is 0 Å². The van der Waals surface area contributed by atoms with Crippen molar-refractivity contribution in [3.63, 3.8) is 0 Å². The highest BCUT2D eigenvalue weighted by molar-refractivity contribution is 7.98. The van der Waals surface area contributed by atoms with Gasteiger partial charge in [-0.15, -0.1) is 11.8 Å². The number of rotatable bonds is 5. The number of carbonyl (C=O) groups excluding carboxylic acids is 1. The van der Waals surface area contributed by atoms with Gasteiger partial charge in [0.15, 0.2) is 0 Å². The molecule has 4 heteroatoms. The van der Waals surface area contributed by atoms with Crippen molar-refractivity contribution in [2.24, 2.45) is 5.41 Å². The van der Waals surface area contributed by atoms with Gasteiger partial charge in [-0.1, -0.05) is 26.8 Å². The first kappa shape index (κ1) is 17.1. The molecule has 0 heterocycles. The molecule has 2 N–H and O–H groups in total. The standard InChI is InChI=1S/C16H25NO2S/c1-11-6-7-12(20-5)10-13(11)15(19)17-14(8-9-18)16(2,3)4/h6-7,10,14,18H,8-9H2,1-5H3,(H,17,19). The molecule has 0 radical (unpaired) electrons. The van der Waals surface area contributed by atoms with Crippen molar-refractivity contribution in [2.75, 3.05) is 12.9 Å². The number of benzene rings is 1. The number of aliphatic hydroxyl groups is 1. The van der Waals surface area contributed by atoms with Crippen LogP contribution in [0.25, 0.3) is 0 Å². The highest BCUT2D eigenvalue weighted by atomic mass is 32.2. The van der Waals surface area contributed by atoms with E-state index >= 15 is 0 Å². The molecule has 1 unspecified atom stereocenters. The van der Waals surface area contributed by atoms with E-state index in [1.807, 2.05) is 31.4 Å². The maximum absolute atomic E-state index is 12.5. The van der Waals surface area contributed by atoms with E-state index in [0.717, 1.165) is 10.5 Å². The number of thioether (sulfide) groups is 1. The number of hydrogen-bond donors (Lipinski definition) is 2. The first-order valence-corrected chi connectivity index (χ1v) is 8.08. The normalized spacial score (nSPS) is 13.1. The lowest BCUT2D eigenvalue weighted by Crippen LogP contribution is -2.44. The lowest BCUT2D eigenvalue weighted by molar-refractivity contribution is 0.0884. The zero-order chi connectivity index (χ0) is 15.3. The lowest BCUT2D eigenvalue weighted by atomic mass is 9.84. The Labute approximate surface area is 126 Å². The SMILES string of the molecule is CSc1ccc(C)c(C(=O)NC(CCO)C(C)(C)C)c1. The smallest absolute Gasteiger partial charge is 0.251 e. The average Bonchev–Trinajstić information content (AvgIpc) is 2.37. The van der Waals surface area contributed by atoms with Gasteiger partial charge >= 0.3 is 0 Å². The third kappa shape index (κ3) is 4.53. The molecule has 0 spiro atoms. The quantitative estimate of drug-likeness (QED) is 0.820. The molecule has 1 rings (SSSR count). The fraction of sp³-hybridized carbons (Fsp3) is 0.562. The minimum Gasteiger partial charge on any atom is -0.396 e. The van der Waals surface area contributed by atoms with Gasteiger partial charge in [-0.05, 0) is 42.7 Å². The van der Waals surface area contributed by atoms with E-state index in [9.17, 15) is 4.79 Å². The molecule has 0 fully saturated rings. The number of carbonyl (C=O) groups is 1. The van der Waals surface area contributed by atoms with E-state index < -0.39 is 0 Å². The van der Waals surface area contributed by atoms with Crippen molar-refractivity contribution in [3.05, 3.63) is 29.3 Å². The van der Waals surface area contributed by atoms with Crippen LogP contribution >= 0.6 is 11.8 Å². The molecule has 3 nitrogen and oxygen atoms in total. The Morgan fingerprint density at radius 2 is 2.05 bits per heavy atom. The second-order valence-electron chi connectivity index (χ2n) is 6.09. The molecule has 0 aliphatic rings. The molecule has 1 amide bonds. The van der Waals surface area contributed by atoms with E-state index in [-0.39, 0.29) is 24.0 Å². The van der Waals surface area contributed by atoms with E-state index in [1.54, 1.807) is 11.8 Å². The second-order valence-corrected chi connectivity index (χ2v) is 6.96. The highest BCUT2D eigenvalue weighted by Gasteiger charge is 2.26. The number of nitrogens with one attached hydrogen (secondary N) is 1. The molecule has 0 aliphatic heterocycles. The minimum atomic E-state index is -0.0799. The Morgan fingerprint density at radius 1 is 1.40 bits per heavy atom. The molecule has 112 valence electrons. The van der Waals surface area contributed by atoms with Crippen LogP contribution in [0.4, 0.5) is 0 Å². The predicted molar refractivity (Wildman–Crippen MR) is 85.4 cm³/mol. The van der Waals surface area contributed by atoms with Gasteiger partial charge in [0, 0.05) is 23.1 Å². The van der Waals surface area contributed by atoms with Crippen LogP contribution < -0.4 is 5.32 Å². The molecule has 0 saturated heterocycles. The molecular formula is C16H25NO2S. The molecule has 1 atom stereocenters. The summed E-state index contributed by atoms with van der Waals surface area (Å²) >= 11 is 1.62. The summed E-state index contributed by atoms with van der Waals surface area (Å²) in [7, 11) is 0. The van der Waals surface area contributed by atoms with Gasteiger partial charge < -0.3 is 10.4 Å². The highest BCUT2D eigenvalue weighted by Crippen LogP contribution is 2.23. The zero-order valence-corrected chi connectivity index (χ0v) is 13.8. The van der Waals surface area contributed by atoms with Gasteiger partial charge in [-0.2, -0.15) is 0 Å². The molecule has 1 aromatic rings. The zero-order valence-electron chi connectivity index (χ0n) is 13.0. The predicted octanol–water partition coefficient (Wildman–Crippen LogP) is 3.24. The first-order chi connectivity index (χ1) is 9.29. The largest absolute Gasteiger partial charge is 0.396 e. The van der Waals surface area contributed by atoms with Crippen LogP contribution in [0.2, 0.25) is 0 Å². The monoisotopic (exact) mass is 295 g/mol. The van der Waals surface area contributed by atoms with Crippen molar-refractivity contribution in [3.8, 4) is 0 Å². The number of aryl methyl sites for hydroxylation is 1. The van der Waals surface area contributed by atoms with Gasteiger partial charge in [0.1, 0.15) is 0 Å². The van der Waals surface area contributed by atoms with Crippen LogP contribution in [0.5, 0.6) is 0 Å². The molecule has 0 aromatic heterocycles. The molecule has 1 aromatic carbocycles. The first-order valence-electron chi connectivity index (χ1n) is 6.86. The third-order valence-corrected chi connectivity index (χ3v) is 4.18. The summed E-state index contributed by atoms with van der Waals surface area (Å²) in [4.78, 5) is 13.5. The molecule has 0 aliphatic carbocycles. The van der Waals surface area contributed by atoms with Crippen molar-refractivity contribution in [2.45, 2.75) is 45.1 Å². The van der Waals surface area contributed by atoms with Crippen LogP contribution in [0.3, 0.4) is 0 Å². The number of amides is 1. The van der Waals surface area contributed by atoms with Crippen LogP contribution in [0.1, 0.15) is 43.1 Å². The number of hydrogen-bond acceptors (Lipinski definition) is 3. The van der Waals surface area contributed by atoms with Crippen LogP contribution in [-0.2, 0) is 0 Å². The van der Waals surface area contributed by atoms with E-state index in [1.165, 1.54) is 0 Å². The molecular weight excluding hydrogens is 270 g/mol. The summed E-state index contributed by atoms with van der Waals surface area (Å²) in [5, 5.41) is 12.2. The van der Waals surface area contributed by atoms with Crippen molar-refractivity contribution in [1.82, 2.24) is 5.32 Å². The van der Waals surface area contributed by atoms with Gasteiger partial charge in [-0.3, -0.25) is 4.79 Å². The fourth-order valence-corrected chi connectivity index (χ4v) is 2.50. The van der Waals surface area contributed by atoms with Crippen LogP contribution in [-0.4, -0.2) is 29.9 Å². The average molecular weight is 295 g/mol. The van der Waals surface area contributed by atoms with Crippen molar-refractivity contribution >= 4 is 17.7 Å². The Morgan fingerprint density at radius 3 is 2.55 bits per heavy atom. The maximum atomic E-state index is 12.5. The summed E-state index contributed by atoms with van der Waals surface area (Å²) in [5.41, 5.74) is 1.60. The summed E-state index contributed by atoms with van der Waals surface area (Å²) in [6.45, 7) is 8.22. The number of aliphatic hydroxyl groups excluding tert-OH is 1. The summed E-state index contributed by atoms with van der Waals surface area (Å²) in [6.07, 6.45) is 2.56.